The van der Waals surface area contributed by atoms with Crippen molar-refractivity contribution in [3.05, 3.63) is 34.3 Å². The van der Waals surface area contributed by atoms with Crippen LogP contribution in [-0.2, 0) is 14.3 Å². The van der Waals surface area contributed by atoms with E-state index in [0.717, 1.165) is 12.8 Å². The highest BCUT2D eigenvalue weighted by molar-refractivity contribution is 6.24. The van der Waals surface area contributed by atoms with Crippen LogP contribution in [0.5, 0.6) is 0 Å². The van der Waals surface area contributed by atoms with Crippen molar-refractivity contribution in [2.45, 2.75) is 54.4 Å². The number of Topliss-reactive ketones (excluding diaryl/α,β-unsaturated/α-hetero) is 1. The van der Waals surface area contributed by atoms with Gasteiger partial charge in [-0.25, -0.2) is 0 Å². The Hall–Kier alpha value is -1.84. The molecule has 0 saturated carbocycles. The van der Waals surface area contributed by atoms with E-state index in [4.69, 9.17) is 9.47 Å². The van der Waals surface area contributed by atoms with Gasteiger partial charge in [0.25, 0.3) is 5.76 Å². The number of hydrogen-bond acceptors (Lipinski definition) is 3. The maximum Gasteiger partial charge on any atom is 0.388 e. The molecule has 1 N–H and O–H groups in total. The molecule has 0 radical (unpaired) electrons. The molecule has 0 aromatic rings. The quantitative estimate of drug-likeness (QED) is 0.395. The van der Waals surface area contributed by atoms with E-state index < -0.39 is 5.41 Å². The Bertz CT molecular complexity index is 616. The molecule has 0 amide bonds. The molecule has 0 aliphatic heterocycles. The molecule has 4 nitrogen and oxygen atoms in total. The number of rotatable bonds is 7. The highest BCUT2D eigenvalue weighted by Gasteiger charge is 2.44. The number of carbonyl (C=O) groups excluding carboxylic acids is 2. The molecule has 1 aliphatic carbocycles. The van der Waals surface area contributed by atoms with Crippen LogP contribution >= 0.6 is 0 Å². The number of carbonyl (C=O) groups is 1. The van der Waals surface area contributed by atoms with Crippen LogP contribution < -0.4 is 0 Å². The summed E-state index contributed by atoms with van der Waals surface area (Å²) in [4.78, 5) is 23.3. The monoisotopic (exact) mass is 335 g/mol. The van der Waals surface area contributed by atoms with Gasteiger partial charge in [-0.3, -0.25) is 9.59 Å². The third-order valence-electron chi connectivity index (χ3n) is 4.36. The number of allylic oxidation sites excluding steroid dienone is 4. The van der Waals surface area contributed by atoms with Gasteiger partial charge < -0.3 is 9.47 Å². The zero-order valence-electron chi connectivity index (χ0n) is 16.2. The zero-order chi connectivity index (χ0) is 18.7. The summed E-state index contributed by atoms with van der Waals surface area (Å²) in [5.41, 5.74) is 2.02. The van der Waals surface area contributed by atoms with Crippen molar-refractivity contribution in [1.29, 1.82) is 0 Å². The average Bonchev–Trinajstić information content (AvgIpc) is 2.48. The summed E-state index contributed by atoms with van der Waals surface area (Å²) in [5.74, 6) is 0.522. The van der Waals surface area contributed by atoms with Gasteiger partial charge in [0, 0.05) is 5.57 Å². The highest BCUT2D eigenvalue weighted by atomic mass is 16.5. The first-order chi connectivity index (χ1) is 11.1. The standard InChI is InChI=1S/C20H30O4/c1-12(2)11-13(3)9-10-20(5,6)15-14(4)16(21)18(23-7)19(24-8)17(15)22/h9,12H,10-11H2,1-8H3/p+1/b13-9+. The Morgan fingerprint density at radius 1 is 1.21 bits per heavy atom. The van der Waals surface area contributed by atoms with Gasteiger partial charge in [-0.2, -0.15) is 0 Å². The van der Waals surface area contributed by atoms with Crippen molar-refractivity contribution < 1.29 is 19.1 Å². The molecular formula is C20H31O4+. The van der Waals surface area contributed by atoms with Crippen LogP contribution in [0.15, 0.2) is 34.3 Å². The minimum Gasteiger partial charge on any atom is -0.489 e. The second-order valence-corrected chi connectivity index (χ2v) is 7.48. The van der Waals surface area contributed by atoms with E-state index in [1.807, 2.05) is 13.8 Å². The van der Waals surface area contributed by atoms with Crippen LogP contribution in [0.25, 0.3) is 0 Å². The van der Waals surface area contributed by atoms with Gasteiger partial charge in [0.15, 0.2) is 0 Å². The summed E-state index contributed by atoms with van der Waals surface area (Å²) < 4.78 is 10.4. The average molecular weight is 335 g/mol. The van der Waals surface area contributed by atoms with Crippen LogP contribution in [0.2, 0.25) is 0 Å². The lowest BCUT2D eigenvalue weighted by molar-refractivity contribution is -0.116. The van der Waals surface area contributed by atoms with E-state index in [9.17, 15) is 9.59 Å². The van der Waals surface area contributed by atoms with Crippen LogP contribution in [-0.4, -0.2) is 30.6 Å². The fourth-order valence-corrected chi connectivity index (χ4v) is 3.23. The maximum atomic E-state index is 12.9. The summed E-state index contributed by atoms with van der Waals surface area (Å²) in [6, 6.07) is 0. The Morgan fingerprint density at radius 2 is 1.75 bits per heavy atom. The first-order valence-electron chi connectivity index (χ1n) is 8.37. The summed E-state index contributed by atoms with van der Waals surface area (Å²) in [6.45, 7) is 12.3. The predicted molar refractivity (Wildman–Crippen MR) is 97.3 cm³/mol. The van der Waals surface area contributed by atoms with Crippen LogP contribution in [0.3, 0.4) is 0 Å². The van der Waals surface area contributed by atoms with Crippen molar-refractivity contribution >= 4 is 11.6 Å². The van der Waals surface area contributed by atoms with Crippen molar-refractivity contribution in [2.24, 2.45) is 11.3 Å². The van der Waals surface area contributed by atoms with Gasteiger partial charge in [-0.05, 0) is 38.0 Å². The predicted octanol–water partition coefficient (Wildman–Crippen LogP) is 4.34. The molecule has 24 heavy (non-hydrogen) atoms. The van der Waals surface area contributed by atoms with Gasteiger partial charge in [-0.1, -0.05) is 39.3 Å². The van der Waals surface area contributed by atoms with Gasteiger partial charge in [0.2, 0.25) is 11.5 Å². The zero-order valence-corrected chi connectivity index (χ0v) is 16.2. The first kappa shape index (κ1) is 20.2. The SMILES string of the molecule is COC1=C(OC)C(=[OH+])C(C)=C(C(C)(C)C/C=C(\C)CC(C)C)C1=O. The Kier molecular flexibility index (Phi) is 6.58. The molecule has 0 heterocycles. The molecule has 4 heteroatoms. The van der Waals surface area contributed by atoms with Crippen LogP contribution in [0, 0.1) is 11.3 Å². The topological polar surface area (TPSA) is 56.9 Å². The molecule has 1 aliphatic rings. The maximum absolute atomic E-state index is 12.9. The molecule has 0 saturated heterocycles. The summed E-state index contributed by atoms with van der Waals surface area (Å²) >= 11 is 0. The molecule has 0 spiro atoms. The fraction of sp³-hybridized carbons (Fsp3) is 0.600. The Morgan fingerprint density at radius 3 is 2.21 bits per heavy atom. The van der Waals surface area contributed by atoms with Crippen molar-refractivity contribution in [2.75, 3.05) is 14.2 Å². The van der Waals surface area contributed by atoms with E-state index in [1.54, 1.807) is 6.92 Å². The Balaban J connectivity index is 3.21. The lowest BCUT2D eigenvalue weighted by Crippen LogP contribution is -2.32. The lowest BCUT2D eigenvalue weighted by Gasteiger charge is -2.30. The number of ketones is 2. The number of hydrogen-bond donors (Lipinski definition) is 0. The van der Waals surface area contributed by atoms with E-state index in [1.165, 1.54) is 19.8 Å². The molecule has 0 atom stereocenters. The molecule has 0 fully saturated rings. The molecule has 134 valence electrons. The van der Waals surface area contributed by atoms with Gasteiger partial charge >= 0.3 is 5.78 Å². The second-order valence-electron chi connectivity index (χ2n) is 7.48. The van der Waals surface area contributed by atoms with E-state index in [-0.39, 0.29) is 23.1 Å². The van der Waals surface area contributed by atoms with E-state index in [2.05, 4.69) is 26.8 Å². The van der Waals surface area contributed by atoms with Crippen LogP contribution in [0.4, 0.5) is 0 Å². The molecule has 1 rings (SSSR count). The second kappa shape index (κ2) is 7.82. The van der Waals surface area contributed by atoms with Gasteiger partial charge in [0.1, 0.15) is 0 Å². The minimum absolute atomic E-state index is 0.0279. The highest BCUT2D eigenvalue weighted by Crippen LogP contribution is 2.39. The fourth-order valence-electron chi connectivity index (χ4n) is 3.23. The lowest BCUT2D eigenvalue weighted by atomic mass is 9.73. The van der Waals surface area contributed by atoms with E-state index >= 15 is 0 Å². The Labute approximate surface area is 145 Å². The molecule has 0 aromatic carbocycles. The largest absolute Gasteiger partial charge is 0.489 e. The third-order valence-corrected chi connectivity index (χ3v) is 4.36. The third kappa shape index (κ3) is 4.16. The molecule has 0 unspecified atom stereocenters. The van der Waals surface area contributed by atoms with Crippen molar-refractivity contribution in [1.82, 2.24) is 0 Å². The van der Waals surface area contributed by atoms with E-state index in [0.29, 0.717) is 17.1 Å². The van der Waals surface area contributed by atoms with Crippen molar-refractivity contribution in [3.63, 3.8) is 0 Å². The van der Waals surface area contributed by atoms with Crippen LogP contribution in [0.1, 0.15) is 54.4 Å². The molecular weight excluding hydrogens is 304 g/mol. The summed E-state index contributed by atoms with van der Waals surface area (Å²) in [6.07, 6.45) is 3.94. The first-order valence-corrected chi connectivity index (χ1v) is 8.37. The van der Waals surface area contributed by atoms with Crippen molar-refractivity contribution in [3.8, 4) is 0 Å². The molecule has 0 bridgehead atoms. The van der Waals surface area contributed by atoms with Gasteiger partial charge in [-0.15, -0.1) is 0 Å². The number of ether oxygens (including phenoxy) is 2. The van der Waals surface area contributed by atoms with Gasteiger partial charge in [0.05, 0.1) is 19.8 Å². The summed E-state index contributed by atoms with van der Waals surface area (Å²) in [5, 5.41) is 0. The normalized spacial score (nSPS) is 17.1. The summed E-state index contributed by atoms with van der Waals surface area (Å²) in [7, 11) is 2.83. The smallest absolute Gasteiger partial charge is 0.388 e. The minimum atomic E-state index is -0.420. The molecule has 0 aromatic heterocycles. The number of methoxy groups -OCH3 is 2.